The largest absolute Gasteiger partial charge is 0.309 e. The van der Waals surface area contributed by atoms with Crippen LogP contribution in [-0.2, 0) is 4.79 Å². The highest BCUT2D eigenvalue weighted by molar-refractivity contribution is 9.09. The van der Waals surface area contributed by atoms with Gasteiger partial charge in [-0.3, -0.25) is 4.79 Å². The Bertz CT molecular complexity index is 244. The Morgan fingerprint density at radius 3 is 3.00 bits per heavy atom. The molecule has 0 aromatic rings. The van der Waals surface area contributed by atoms with E-state index in [9.17, 15) is 9.18 Å². The first-order valence-electron chi connectivity index (χ1n) is 4.74. The summed E-state index contributed by atoms with van der Waals surface area (Å²) in [5.74, 6) is -0.181. The number of likely N-dealkylation sites (tertiary alicyclic amines) is 1. The number of alkyl halides is 2. The van der Waals surface area contributed by atoms with E-state index in [1.54, 1.807) is 0 Å². The molecule has 0 radical (unpaired) electrons. The lowest BCUT2D eigenvalue weighted by Gasteiger charge is -2.29. The van der Waals surface area contributed by atoms with E-state index in [0.29, 0.717) is 0 Å². The molecule has 4 heteroatoms. The third kappa shape index (κ3) is 2.56. The molecule has 0 aromatic heterocycles. The third-order valence-corrected chi connectivity index (χ3v) is 3.03. The summed E-state index contributed by atoms with van der Waals surface area (Å²) in [6, 6.07) is -0.0331. The van der Waals surface area contributed by atoms with Crippen molar-refractivity contribution in [2.45, 2.75) is 38.5 Å². The van der Waals surface area contributed by atoms with Crippen molar-refractivity contribution in [2.75, 3.05) is 5.33 Å². The Labute approximate surface area is 92.3 Å². The van der Waals surface area contributed by atoms with Crippen LogP contribution in [0, 0.1) is 0 Å². The van der Waals surface area contributed by atoms with Crippen molar-refractivity contribution in [1.29, 1.82) is 0 Å². The molecule has 1 rings (SSSR count). The zero-order valence-electron chi connectivity index (χ0n) is 8.30. The van der Waals surface area contributed by atoms with Crippen molar-refractivity contribution in [2.24, 2.45) is 0 Å². The molecule has 0 spiro atoms. The summed E-state index contributed by atoms with van der Waals surface area (Å²) in [4.78, 5) is 12.8. The van der Waals surface area contributed by atoms with Gasteiger partial charge in [-0.25, -0.2) is 4.39 Å². The smallest absolute Gasteiger partial charge is 0.235 e. The number of halogens is 2. The number of amides is 1. The lowest BCUT2D eigenvalue weighted by molar-refractivity contribution is -0.136. The SMILES string of the molecule is C=C1CC[C@@H](C)N(C(=O)CBr)C(F)C1. The fourth-order valence-corrected chi connectivity index (χ4v) is 2.03. The fourth-order valence-electron chi connectivity index (χ4n) is 1.74. The normalized spacial score (nSPS) is 28.8. The molecule has 1 aliphatic rings. The maximum absolute atomic E-state index is 13.7. The number of carbonyl (C=O) groups excluding carboxylic acids is 1. The zero-order chi connectivity index (χ0) is 10.7. The Balaban J connectivity index is 2.78. The number of hydrogen-bond acceptors (Lipinski definition) is 1. The number of carbonyl (C=O) groups is 1. The van der Waals surface area contributed by atoms with Gasteiger partial charge in [0, 0.05) is 12.5 Å². The first kappa shape index (κ1) is 11.7. The minimum Gasteiger partial charge on any atom is -0.309 e. The summed E-state index contributed by atoms with van der Waals surface area (Å²) < 4.78 is 13.7. The van der Waals surface area contributed by atoms with Crippen LogP contribution in [0.3, 0.4) is 0 Å². The van der Waals surface area contributed by atoms with Crippen LogP contribution >= 0.6 is 15.9 Å². The number of hydrogen-bond donors (Lipinski definition) is 0. The molecule has 0 bridgehead atoms. The summed E-state index contributed by atoms with van der Waals surface area (Å²) in [6.07, 6.45) is 0.694. The fraction of sp³-hybridized carbons (Fsp3) is 0.700. The van der Waals surface area contributed by atoms with Gasteiger partial charge in [0.05, 0.1) is 5.33 Å². The molecular weight excluding hydrogens is 249 g/mol. The molecule has 1 fully saturated rings. The summed E-state index contributed by atoms with van der Waals surface area (Å²) in [5, 5.41) is 0.185. The van der Waals surface area contributed by atoms with Crippen LogP contribution in [0.2, 0.25) is 0 Å². The molecule has 1 heterocycles. The van der Waals surface area contributed by atoms with E-state index in [2.05, 4.69) is 22.5 Å². The topological polar surface area (TPSA) is 20.3 Å². The standard InChI is InChI=1S/C10H15BrFNO/c1-7-3-4-8(2)13(9(12)5-7)10(14)6-11/h8-9H,1,3-6H2,2H3/t8-,9?/m1/s1. The van der Waals surface area contributed by atoms with Gasteiger partial charge >= 0.3 is 0 Å². The number of nitrogens with zero attached hydrogens (tertiary/aromatic N) is 1. The number of rotatable bonds is 1. The predicted octanol–water partition coefficient (Wildman–Crippen LogP) is 2.63. The molecule has 1 unspecified atom stereocenters. The van der Waals surface area contributed by atoms with E-state index >= 15 is 0 Å². The molecule has 2 atom stereocenters. The van der Waals surface area contributed by atoms with Gasteiger partial charge in [-0.15, -0.1) is 0 Å². The summed E-state index contributed by atoms with van der Waals surface area (Å²) in [5.41, 5.74) is 0.897. The van der Waals surface area contributed by atoms with Crippen molar-refractivity contribution in [1.82, 2.24) is 4.90 Å². The van der Waals surface area contributed by atoms with E-state index in [4.69, 9.17) is 0 Å². The van der Waals surface area contributed by atoms with Crippen LogP contribution < -0.4 is 0 Å². The first-order chi connectivity index (χ1) is 6.56. The van der Waals surface area contributed by atoms with Crippen LogP contribution in [0.25, 0.3) is 0 Å². The maximum atomic E-state index is 13.7. The molecule has 1 amide bonds. The van der Waals surface area contributed by atoms with Crippen LogP contribution in [0.1, 0.15) is 26.2 Å². The van der Waals surface area contributed by atoms with Gasteiger partial charge in [0.15, 0.2) is 6.30 Å². The zero-order valence-corrected chi connectivity index (χ0v) is 9.89. The molecule has 80 valence electrons. The van der Waals surface area contributed by atoms with Crippen molar-refractivity contribution in [3.05, 3.63) is 12.2 Å². The van der Waals surface area contributed by atoms with Crippen molar-refractivity contribution < 1.29 is 9.18 Å². The second-order valence-corrected chi connectivity index (χ2v) is 4.27. The molecular formula is C10H15BrFNO. The van der Waals surface area contributed by atoms with Gasteiger partial charge in [-0.1, -0.05) is 28.1 Å². The summed E-state index contributed by atoms with van der Waals surface area (Å²) in [6.45, 7) is 5.67. The Hall–Kier alpha value is -0.380. The van der Waals surface area contributed by atoms with Crippen molar-refractivity contribution in [3.8, 4) is 0 Å². The summed E-state index contributed by atoms with van der Waals surface area (Å²) in [7, 11) is 0. The second kappa shape index (κ2) is 4.91. The minimum absolute atomic E-state index is 0.0331. The van der Waals surface area contributed by atoms with Crippen molar-refractivity contribution in [3.63, 3.8) is 0 Å². The summed E-state index contributed by atoms with van der Waals surface area (Å²) >= 11 is 3.07. The molecule has 14 heavy (non-hydrogen) atoms. The van der Waals surface area contributed by atoms with Crippen LogP contribution in [-0.4, -0.2) is 28.5 Å². The van der Waals surface area contributed by atoms with E-state index in [-0.39, 0.29) is 23.7 Å². The lowest BCUT2D eigenvalue weighted by Crippen LogP contribution is -2.43. The van der Waals surface area contributed by atoms with Gasteiger partial charge in [0.25, 0.3) is 0 Å². The van der Waals surface area contributed by atoms with E-state index < -0.39 is 6.30 Å². The Morgan fingerprint density at radius 1 is 1.79 bits per heavy atom. The highest BCUT2D eigenvalue weighted by Gasteiger charge is 2.30. The van der Waals surface area contributed by atoms with Gasteiger partial charge in [0.2, 0.25) is 5.91 Å². The molecule has 0 saturated carbocycles. The quantitative estimate of drug-likeness (QED) is 0.405. The van der Waals surface area contributed by atoms with Gasteiger partial charge < -0.3 is 4.90 Å². The average Bonchev–Trinajstić information content (AvgIpc) is 2.25. The molecule has 1 aliphatic heterocycles. The molecule has 0 aliphatic carbocycles. The second-order valence-electron chi connectivity index (χ2n) is 3.71. The average molecular weight is 264 g/mol. The van der Waals surface area contributed by atoms with Crippen LogP contribution in [0.15, 0.2) is 12.2 Å². The molecule has 1 saturated heterocycles. The van der Waals surface area contributed by atoms with Gasteiger partial charge in [-0.05, 0) is 19.8 Å². The molecule has 0 N–H and O–H groups in total. The van der Waals surface area contributed by atoms with Crippen molar-refractivity contribution >= 4 is 21.8 Å². The van der Waals surface area contributed by atoms with E-state index in [0.717, 1.165) is 18.4 Å². The third-order valence-electron chi connectivity index (χ3n) is 2.55. The first-order valence-corrected chi connectivity index (χ1v) is 5.86. The minimum atomic E-state index is -1.20. The Kier molecular flexibility index (Phi) is 4.11. The molecule has 0 aromatic carbocycles. The van der Waals surface area contributed by atoms with E-state index in [1.807, 2.05) is 6.92 Å². The van der Waals surface area contributed by atoms with Gasteiger partial charge in [-0.2, -0.15) is 0 Å². The van der Waals surface area contributed by atoms with Crippen LogP contribution in [0.4, 0.5) is 4.39 Å². The van der Waals surface area contributed by atoms with Crippen LogP contribution in [0.5, 0.6) is 0 Å². The Morgan fingerprint density at radius 2 is 2.43 bits per heavy atom. The highest BCUT2D eigenvalue weighted by atomic mass is 79.9. The lowest BCUT2D eigenvalue weighted by atomic mass is 10.1. The molecule has 2 nitrogen and oxygen atoms in total. The predicted molar refractivity (Wildman–Crippen MR) is 58.0 cm³/mol. The highest BCUT2D eigenvalue weighted by Crippen LogP contribution is 2.25. The monoisotopic (exact) mass is 263 g/mol. The van der Waals surface area contributed by atoms with Gasteiger partial charge in [0.1, 0.15) is 0 Å². The van der Waals surface area contributed by atoms with E-state index in [1.165, 1.54) is 4.90 Å². The maximum Gasteiger partial charge on any atom is 0.235 e.